The summed E-state index contributed by atoms with van der Waals surface area (Å²) in [6.07, 6.45) is 0. The van der Waals surface area contributed by atoms with Gasteiger partial charge in [-0.25, -0.2) is 4.39 Å². The number of amides is 2. The maximum absolute atomic E-state index is 14.1. The Morgan fingerprint density at radius 3 is 2.42 bits per heavy atom. The van der Waals surface area contributed by atoms with Crippen molar-refractivity contribution >= 4 is 23.4 Å². The summed E-state index contributed by atoms with van der Waals surface area (Å²) in [6, 6.07) is 6.23. The predicted octanol–water partition coefficient (Wildman–Crippen LogP) is 1.64. The fourth-order valence-corrected chi connectivity index (χ4v) is 4.10. The minimum atomic E-state index is -0.321. The van der Waals surface area contributed by atoms with Crippen LogP contribution in [-0.2, 0) is 18.3 Å². The van der Waals surface area contributed by atoms with Crippen LogP contribution in [0, 0.1) is 5.82 Å². The maximum atomic E-state index is 14.1. The van der Waals surface area contributed by atoms with Gasteiger partial charge < -0.3 is 14.5 Å². The van der Waals surface area contributed by atoms with E-state index in [0.29, 0.717) is 75.3 Å². The van der Waals surface area contributed by atoms with E-state index in [4.69, 9.17) is 16.3 Å². The van der Waals surface area contributed by atoms with Gasteiger partial charge in [-0.1, -0.05) is 17.7 Å². The lowest BCUT2D eigenvalue weighted by molar-refractivity contribution is 0.0298. The van der Waals surface area contributed by atoms with Crippen molar-refractivity contribution in [2.45, 2.75) is 6.54 Å². The molecule has 0 unspecified atom stereocenters. The maximum Gasteiger partial charge on any atom is 0.274 e. The highest BCUT2D eigenvalue weighted by Crippen LogP contribution is 2.22. The van der Waals surface area contributed by atoms with Crippen molar-refractivity contribution in [3.63, 3.8) is 0 Å². The van der Waals surface area contributed by atoms with E-state index in [0.717, 1.165) is 0 Å². The standard InChI is InChI=1S/C21H25ClFN5O3/c1-25-19(13-18(24-25)20(29)28-9-11-31-12-10-28)21(30)27-7-5-26(6-8-27)14-15-16(22)3-2-4-17(15)23/h2-4,13H,5-12,14H2,1H3. The predicted molar refractivity (Wildman–Crippen MR) is 113 cm³/mol. The average Bonchev–Trinajstić information content (AvgIpc) is 3.18. The summed E-state index contributed by atoms with van der Waals surface area (Å²) in [4.78, 5) is 31.2. The largest absolute Gasteiger partial charge is 0.378 e. The van der Waals surface area contributed by atoms with E-state index in [1.807, 2.05) is 0 Å². The molecule has 0 bridgehead atoms. The highest BCUT2D eigenvalue weighted by Gasteiger charge is 2.28. The number of aryl methyl sites for hydroxylation is 1. The number of halogens is 2. The molecule has 2 aliphatic rings. The van der Waals surface area contributed by atoms with E-state index in [1.54, 1.807) is 35.0 Å². The van der Waals surface area contributed by atoms with Crippen molar-refractivity contribution in [1.29, 1.82) is 0 Å². The average molecular weight is 450 g/mol. The van der Waals surface area contributed by atoms with Crippen molar-refractivity contribution in [2.75, 3.05) is 52.5 Å². The molecule has 0 saturated carbocycles. The molecule has 2 aromatic rings. The molecular weight excluding hydrogens is 425 g/mol. The molecule has 2 amide bonds. The highest BCUT2D eigenvalue weighted by atomic mass is 35.5. The molecule has 0 N–H and O–H groups in total. The number of piperazine rings is 1. The highest BCUT2D eigenvalue weighted by molar-refractivity contribution is 6.31. The number of carbonyl (C=O) groups is 2. The molecule has 0 aliphatic carbocycles. The lowest BCUT2D eigenvalue weighted by Crippen LogP contribution is -2.48. The first-order valence-electron chi connectivity index (χ1n) is 10.3. The van der Waals surface area contributed by atoms with E-state index >= 15 is 0 Å². The van der Waals surface area contributed by atoms with Gasteiger partial charge in [0.2, 0.25) is 0 Å². The first-order valence-corrected chi connectivity index (χ1v) is 10.7. The van der Waals surface area contributed by atoms with Crippen LogP contribution in [0.1, 0.15) is 26.5 Å². The smallest absolute Gasteiger partial charge is 0.274 e. The quantitative estimate of drug-likeness (QED) is 0.709. The van der Waals surface area contributed by atoms with Crippen molar-refractivity contribution in [1.82, 2.24) is 24.5 Å². The summed E-state index contributed by atoms with van der Waals surface area (Å²) in [5, 5.41) is 4.67. The van der Waals surface area contributed by atoms with Crippen LogP contribution in [0.4, 0.5) is 4.39 Å². The van der Waals surface area contributed by atoms with Crippen LogP contribution in [0.15, 0.2) is 24.3 Å². The molecule has 4 rings (SSSR count). The fourth-order valence-electron chi connectivity index (χ4n) is 3.88. The van der Waals surface area contributed by atoms with Crippen LogP contribution in [-0.4, -0.2) is 88.8 Å². The van der Waals surface area contributed by atoms with Gasteiger partial charge in [-0.3, -0.25) is 19.2 Å². The molecule has 1 aromatic carbocycles. The molecule has 10 heteroatoms. The Morgan fingerprint density at radius 2 is 1.74 bits per heavy atom. The number of aromatic nitrogens is 2. The van der Waals surface area contributed by atoms with Crippen LogP contribution in [0.2, 0.25) is 5.02 Å². The molecular formula is C21H25ClFN5O3. The van der Waals surface area contributed by atoms with Crippen molar-refractivity contribution in [3.05, 3.63) is 52.1 Å². The van der Waals surface area contributed by atoms with Gasteiger partial charge in [0.15, 0.2) is 5.69 Å². The second-order valence-corrected chi connectivity index (χ2v) is 8.12. The number of ether oxygens (including phenoxy) is 1. The van der Waals surface area contributed by atoms with Crippen LogP contribution in [0.3, 0.4) is 0 Å². The first kappa shape index (κ1) is 21.7. The Hall–Kier alpha value is -2.49. The molecule has 0 radical (unpaired) electrons. The fraction of sp³-hybridized carbons (Fsp3) is 0.476. The van der Waals surface area contributed by atoms with Crippen LogP contribution in [0.25, 0.3) is 0 Å². The van der Waals surface area contributed by atoms with Crippen LogP contribution >= 0.6 is 11.6 Å². The van der Waals surface area contributed by atoms with Gasteiger partial charge in [-0.05, 0) is 12.1 Å². The Kier molecular flexibility index (Phi) is 6.54. The lowest BCUT2D eigenvalue weighted by atomic mass is 10.1. The van der Waals surface area contributed by atoms with Crippen molar-refractivity contribution in [2.24, 2.45) is 7.05 Å². The summed E-state index contributed by atoms with van der Waals surface area (Å²) in [7, 11) is 1.67. The minimum absolute atomic E-state index is 0.167. The zero-order valence-electron chi connectivity index (χ0n) is 17.4. The normalized spacial score (nSPS) is 17.8. The third-order valence-electron chi connectivity index (χ3n) is 5.72. The molecule has 2 saturated heterocycles. The summed E-state index contributed by atoms with van der Waals surface area (Å²) in [5.74, 6) is -0.678. The first-order chi connectivity index (χ1) is 14.9. The summed E-state index contributed by atoms with van der Waals surface area (Å²) in [6.45, 7) is 4.67. The Labute approximate surface area is 185 Å². The van der Waals surface area contributed by atoms with Crippen LogP contribution < -0.4 is 0 Å². The van der Waals surface area contributed by atoms with Gasteiger partial charge in [0.25, 0.3) is 11.8 Å². The molecule has 0 spiro atoms. The number of rotatable bonds is 4. The van der Waals surface area contributed by atoms with E-state index in [1.165, 1.54) is 10.7 Å². The van der Waals surface area contributed by atoms with Gasteiger partial charge in [0.05, 0.1) is 13.2 Å². The molecule has 2 fully saturated rings. The number of benzene rings is 1. The van der Waals surface area contributed by atoms with E-state index in [2.05, 4.69) is 10.00 Å². The molecule has 31 heavy (non-hydrogen) atoms. The Balaban J connectivity index is 1.37. The zero-order chi connectivity index (χ0) is 22.0. The summed E-state index contributed by atoms with van der Waals surface area (Å²) >= 11 is 6.13. The van der Waals surface area contributed by atoms with E-state index < -0.39 is 0 Å². The van der Waals surface area contributed by atoms with Gasteiger partial charge in [-0.15, -0.1) is 0 Å². The van der Waals surface area contributed by atoms with Crippen molar-refractivity contribution in [3.8, 4) is 0 Å². The molecule has 2 aliphatic heterocycles. The van der Waals surface area contributed by atoms with Gasteiger partial charge in [0, 0.05) is 69.5 Å². The third-order valence-corrected chi connectivity index (χ3v) is 6.07. The SMILES string of the molecule is Cn1nc(C(=O)N2CCOCC2)cc1C(=O)N1CCN(Cc2c(F)cccc2Cl)CC1. The van der Waals surface area contributed by atoms with E-state index in [-0.39, 0.29) is 23.3 Å². The summed E-state index contributed by atoms with van der Waals surface area (Å²) < 4.78 is 20.8. The molecule has 8 nitrogen and oxygen atoms in total. The number of carbonyl (C=O) groups excluding carboxylic acids is 2. The topological polar surface area (TPSA) is 70.9 Å². The summed E-state index contributed by atoms with van der Waals surface area (Å²) in [5.41, 5.74) is 1.12. The minimum Gasteiger partial charge on any atom is -0.378 e. The van der Waals surface area contributed by atoms with Crippen LogP contribution in [0.5, 0.6) is 0 Å². The molecule has 166 valence electrons. The van der Waals surface area contributed by atoms with Gasteiger partial charge >= 0.3 is 0 Å². The number of hydrogen-bond acceptors (Lipinski definition) is 5. The third kappa shape index (κ3) is 4.73. The number of morpholine rings is 1. The Bertz CT molecular complexity index is 948. The monoisotopic (exact) mass is 449 g/mol. The number of nitrogens with zero attached hydrogens (tertiary/aromatic N) is 5. The zero-order valence-corrected chi connectivity index (χ0v) is 18.1. The number of hydrogen-bond donors (Lipinski definition) is 0. The molecule has 0 atom stereocenters. The second kappa shape index (κ2) is 9.33. The van der Waals surface area contributed by atoms with Crippen molar-refractivity contribution < 1.29 is 18.7 Å². The van der Waals surface area contributed by atoms with Gasteiger partial charge in [0.1, 0.15) is 11.5 Å². The lowest BCUT2D eigenvalue weighted by Gasteiger charge is -2.34. The second-order valence-electron chi connectivity index (χ2n) is 7.71. The molecule has 1 aromatic heterocycles. The van der Waals surface area contributed by atoms with E-state index in [9.17, 15) is 14.0 Å². The van der Waals surface area contributed by atoms with Gasteiger partial charge in [-0.2, -0.15) is 5.10 Å². The molecule has 3 heterocycles. The Morgan fingerprint density at radius 1 is 1.06 bits per heavy atom.